The topological polar surface area (TPSA) is 106 Å². The Balaban J connectivity index is 2.02. The number of hydrogen-bond donors (Lipinski definition) is 2. The molecule has 0 aliphatic carbocycles. The lowest BCUT2D eigenvalue weighted by Gasteiger charge is -2.13. The zero-order valence-corrected chi connectivity index (χ0v) is 19.1. The first-order chi connectivity index (χ1) is 15.2. The lowest BCUT2D eigenvalue weighted by Crippen LogP contribution is -2.39. The van der Waals surface area contributed by atoms with Gasteiger partial charge in [0.1, 0.15) is 10.6 Å². The molecule has 3 aromatic rings. The highest BCUT2D eigenvalue weighted by Gasteiger charge is 2.22. The summed E-state index contributed by atoms with van der Waals surface area (Å²) in [6, 6.07) is 14.5. The molecule has 1 amide bonds. The Bertz CT molecular complexity index is 1310. The predicted molar refractivity (Wildman–Crippen MR) is 128 cm³/mol. The van der Waals surface area contributed by atoms with Crippen LogP contribution in [0.1, 0.15) is 16.7 Å². The summed E-state index contributed by atoms with van der Waals surface area (Å²) in [5.74, 6) is -0.851. The molecule has 1 aromatic heterocycles. The third-order valence-electron chi connectivity index (χ3n) is 4.97. The second-order valence-electron chi connectivity index (χ2n) is 7.29. The molecule has 166 valence electrons. The monoisotopic (exact) mass is 452 g/mol. The number of hydrogen-bond acceptors (Lipinski definition) is 6. The standard InChI is InChI=1S/C23H24N4O4S/c1-14-10-11-17(12-15(14)2)25-20(19-21(29)26(3)23(31)27(4)22(19)30)32-13-18(28)24-16-8-6-5-7-9-16/h5-12,29H,13H2,1-4H3,(H,24,28). The van der Waals surface area contributed by atoms with Crippen LogP contribution in [0.2, 0.25) is 0 Å². The van der Waals surface area contributed by atoms with Crippen LogP contribution in [0.25, 0.3) is 0 Å². The summed E-state index contributed by atoms with van der Waals surface area (Å²) in [5.41, 5.74) is 1.82. The van der Waals surface area contributed by atoms with E-state index in [0.717, 1.165) is 32.0 Å². The first-order valence-electron chi connectivity index (χ1n) is 9.82. The van der Waals surface area contributed by atoms with E-state index in [1.807, 2.05) is 44.2 Å². The highest BCUT2D eigenvalue weighted by Crippen LogP contribution is 2.24. The fraction of sp³-hybridized carbons (Fsp3) is 0.217. The molecule has 9 heteroatoms. The highest BCUT2D eigenvalue weighted by molar-refractivity contribution is 8.15. The smallest absolute Gasteiger partial charge is 0.333 e. The van der Waals surface area contributed by atoms with Crippen LogP contribution in [0.3, 0.4) is 0 Å². The molecule has 0 aliphatic heterocycles. The van der Waals surface area contributed by atoms with Crippen LogP contribution in [0.15, 0.2) is 63.1 Å². The third kappa shape index (κ3) is 5.00. The number of amides is 1. The van der Waals surface area contributed by atoms with Gasteiger partial charge in [-0.25, -0.2) is 9.79 Å². The molecule has 3 rings (SSSR count). The van der Waals surface area contributed by atoms with E-state index in [0.29, 0.717) is 11.4 Å². The van der Waals surface area contributed by atoms with Gasteiger partial charge in [0.05, 0.1) is 11.4 Å². The van der Waals surface area contributed by atoms with Gasteiger partial charge in [-0.05, 0) is 49.2 Å². The minimum absolute atomic E-state index is 0.0516. The van der Waals surface area contributed by atoms with E-state index in [-0.39, 0.29) is 22.3 Å². The van der Waals surface area contributed by atoms with Gasteiger partial charge in [0.15, 0.2) is 0 Å². The molecule has 32 heavy (non-hydrogen) atoms. The molecular weight excluding hydrogens is 428 g/mol. The zero-order chi connectivity index (χ0) is 23.4. The van der Waals surface area contributed by atoms with Crippen LogP contribution >= 0.6 is 11.8 Å². The number of para-hydroxylation sites is 1. The van der Waals surface area contributed by atoms with Crippen molar-refractivity contribution in [3.8, 4) is 5.88 Å². The minimum Gasteiger partial charge on any atom is -0.494 e. The number of aromatic hydroxyl groups is 1. The van der Waals surface area contributed by atoms with Crippen molar-refractivity contribution >= 4 is 34.1 Å². The molecule has 0 radical (unpaired) electrons. The Kier molecular flexibility index (Phi) is 6.99. The van der Waals surface area contributed by atoms with E-state index < -0.39 is 17.1 Å². The average Bonchev–Trinajstić information content (AvgIpc) is 2.78. The number of anilines is 1. The average molecular weight is 453 g/mol. The second-order valence-corrected chi connectivity index (χ2v) is 8.26. The Morgan fingerprint density at radius 2 is 1.72 bits per heavy atom. The van der Waals surface area contributed by atoms with Crippen LogP contribution in [0.4, 0.5) is 11.4 Å². The molecule has 0 saturated heterocycles. The van der Waals surface area contributed by atoms with Gasteiger partial charge in [0.25, 0.3) is 5.56 Å². The number of carbonyl (C=O) groups excluding carboxylic acids is 1. The Hall–Kier alpha value is -3.59. The second kappa shape index (κ2) is 9.69. The van der Waals surface area contributed by atoms with E-state index in [9.17, 15) is 19.5 Å². The maximum atomic E-state index is 12.8. The van der Waals surface area contributed by atoms with Crippen LogP contribution in [0, 0.1) is 13.8 Å². The van der Waals surface area contributed by atoms with Gasteiger partial charge in [-0.3, -0.25) is 18.7 Å². The van der Waals surface area contributed by atoms with Gasteiger partial charge >= 0.3 is 5.69 Å². The van der Waals surface area contributed by atoms with Gasteiger partial charge in [-0.1, -0.05) is 36.0 Å². The first kappa shape index (κ1) is 23.1. The molecule has 0 fully saturated rings. The van der Waals surface area contributed by atoms with Gasteiger partial charge in [-0.15, -0.1) is 0 Å². The number of aromatic nitrogens is 2. The quantitative estimate of drug-likeness (QED) is 0.457. The van der Waals surface area contributed by atoms with E-state index in [4.69, 9.17) is 0 Å². The summed E-state index contributed by atoms with van der Waals surface area (Å²) >= 11 is 1.01. The number of aliphatic imine (C=N–C) groups is 1. The molecule has 1 heterocycles. The number of benzene rings is 2. The van der Waals surface area contributed by atoms with Crippen molar-refractivity contribution in [2.75, 3.05) is 11.1 Å². The molecule has 0 bridgehead atoms. The number of nitrogens with zero attached hydrogens (tertiary/aromatic N) is 3. The molecule has 0 aliphatic rings. The van der Waals surface area contributed by atoms with E-state index in [2.05, 4.69) is 10.3 Å². The fourth-order valence-electron chi connectivity index (χ4n) is 2.95. The Morgan fingerprint density at radius 3 is 2.38 bits per heavy atom. The van der Waals surface area contributed by atoms with Crippen LogP contribution in [-0.4, -0.2) is 30.9 Å². The normalized spacial score (nSPS) is 11.4. The number of nitrogens with one attached hydrogen (secondary N) is 1. The lowest BCUT2D eigenvalue weighted by molar-refractivity contribution is -0.113. The van der Waals surface area contributed by atoms with Gasteiger partial charge in [0, 0.05) is 19.8 Å². The maximum absolute atomic E-state index is 12.8. The highest BCUT2D eigenvalue weighted by atomic mass is 32.2. The largest absolute Gasteiger partial charge is 0.494 e. The van der Waals surface area contributed by atoms with Crippen LogP contribution < -0.4 is 16.6 Å². The van der Waals surface area contributed by atoms with Gasteiger partial charge < -0.3 is 10.4 Å². The summed E-state index contributed by atoms with van der Waals surface area (Å²) in [4.78, 5) is 42.0. The predicted octanol–water partition coefficient (Wildman–Crippen LogP) is 2.86. The summed E-state index contributed by atoms with van der Waals surface area (Å²) in [6.45, 7) is 3.91. The van der Waals surface area contributed by atoms with Gasteiger partial charge in [-0.2, -0.15) is 0 Å². The minimum atomic E-state index is -0.691. The molecule has 2 aromatic carbocycles. The molecular formula is C23H24N4O4S. The Morgan fingerprint density at radius 1 is 1.03 bits per heavy atom. The van der Waals surface area contributed by atoms with Crippen molar-refractivity contribution in [2.24, 2.45) is 19.1 Å². The van der Waals surface area contributed by atoms with Gasteiger partial charge in [0.2, 0.25) is 11.8 Å². The van der Waals surface area contributed by atoms with Crippen molar-refractivity contribution in [2.45, 2.75) is 13.8 Å². The first-order valence-corrected chi connectivity index (χ1v) is 10.8. The summed E-state index contributed by atoms with van der Waals surface area (Å²) < 4.78 is 1.87. The summed E-state index contributed by atoms with van der Waals surface area (Å²) in [6.07, 6.45) is 0. The number of aryl methyl sites for hydroxylation is 2. The maximum Gasteiger partial charge on any atom is 0.333 e. The fourth-order valence-corrected chi connectivity index (χ4v) is 3.78. The molecule has 8 nitrogen and oxygen atoms in total. The van der Waals surface area contributed by atoms with Crippen molar-refractivity contribution in [1.29, 1.82) is 0 Å². The zero-order valence-electron chi connectivity index (χ0n) is 18.2. The molecule has 0 spiro atoms. The molecule has 2 N–H and O–H groups in total. The molecule has 0 atom stereocenters. The Labute approximate surface area is 189 Å². The van der Waals surface area contributed by atoms with Crippen molar-refractivity contribution in [1.82, 2.24) is 9.13 Å². The van der Waals surface area contributed by atoms with Crippen LogP contribution in [0.5, 0.6) is 5.88 Å². The van der Waals surface area contributed by atoms with E-state index in [1.165, 1.54) is 14.1 Å². The third-order valence-corrected chi connectivity index (χ3v) is 5.94. The van der Waals surface area contributed by atoms with Crippen molar-refractivity contribution in [3.05, 3.63) is 86.1 Å². The summed E-state index contributed by atoms with van der Waals surface area (Å²) in [7, 11) is 2.69. The molecule has 0 unspecified atom stereocenters. The SMILES string of the molecule is Cc1ccc(N=C(SCC(=O)Nc2ccccc2)c2c(O)n(C)c(=O)n(C)c2=O)cc1C. The van der Waals surface area contributed by atoms with E-state index >= 15 is 0 Å². The number of rotatable bonds is 5. The van der Waals surface area contributed by atoms with Crippen molar-refractivity contribution in [3.63, 3.8) is 0 Å². The number of thioether (sulfide) groups is 1. The van der Waals surface area contributed by atoms with Crippen LogP contribution in [-0.2, 0) is 18.9 Å². The van der Waals surface area contributed by atoms with Crippen molar-refractivity contribution < 1.29 is 9.90 Å². The van der Waals surface area contributed by atoms with E-state index in [1.54, 1.807) is 18.2 Å². The molecule has 0 saturated carbocycles. The lowest BCUT2D eigenvalue weighted by atomic mass is 10.1. The summed E-state index contributed by atoms with van der Waals surface area (Å²) in [5, 5.41) is 13.5. The number of carbonyl (C=O) groups is 1.